The van der Waals surface area contributed by atoms with Crippen molar-refractivity contribution in [1.82, 2.24) is 0 Å². The number of furan rings is 1. The number of nitriles is 1. The molecule has 0 saturated heterocycles. The molecule has 0 aliphatic rings. The average molecular weight is 354 g/mol. The van der Waals surface area contributed by atoms with E-state index in [2.05, 4.69) is 0 Å². The summed E-state index contributed by atoms with van der Waals surface area (Å²) in [5.74, 6) is -0.204. The molecule has 1 aromatic carbocycles. The molecule has 0 aliphatic carbocycles. The summed E-state index contributed by atoms with van der Waals surface area (Å²) in [4.78, 5) is 22.5. The molecule has 0 radical (unpaired) electrons. The Morgan fingerprint density at radius 2 is 2.08 bits per heavy atom. The summed E-state index contributed by atoms with van der Waals surface area (Å²) in [6, 6.07) is 11.0. The Balaban J connectivity index is 2.18. The van der Waals surface area contributed by atoms with Gasteiger partial charge in [0.2, 0.25) is 0 Å². The molecule has 7 nitrogen and oxygen atoms in total. The van der Waals surface area contributed by atoms with E-state index in [1.807, 2.05) is 6.92 Å². The number of nitrogens with zero attached hydrogens (tertiary/aromatic N) is 2. The third-order valence-electron chi connectivity index (χ3n) is 3.60. The first-order valence-corrected chi connectivity index (χ1v) is 8.19. The zero-order chi connectivity index (χ0) is 18.9. The Labute approximate surface area is 150 Å². The van der Waals surface area contributed by atoms with Crippen LogP contribution in [0.3, 0.4) is 0 Å². The second-order valence-corrected chi connectivity index (χ2v) is 5.49. The molecule has 0 bridgehead atoms. The van der Waals surface area contributed by atoms with Gasteiger partial charge >= 0.3 is 5.97 Å². The second kappa shape index (κ2) is 9.18. The molecule has 1 heterocycles. The second-order valence-electron chi connectivity index (χ2n) is 5.49. The lowest BCUT2D eigenvalue weighted by Gasteiger charge is -2.02. The summed E-state index contributed by atoms with van der Waals surface area (Å²) < 4.78 is 10.6. The lowest BCUT2D eigenvalue weighted by atomic mass is 10.1. The highest BCUT2D eigenvalue weighted by atomic mass is 16.6. The van der Waals surface area contributed by atoms with Gasteiger partial charge in [0.1, 0.15) is 23.2 Å². The largest absolute Gasteiger partial charge is 0.462 e. The maximum atomic E-state index is 11.9. The minimum atomic E-state index is -0.716. The molecule has 0 amide bonds. The summed E-state index contributed by atoms with van der Waals surface area (Å²) in [6.45, 7) is 2.29. The SMILES string of the molecule is CCCCCOC(=O)/C(C#N)=C\c1ccc(-c2ccccc2[N+](=O)[O-])o1. The van der Waals surface area contributed by atoms with Crippen molar-refractivity contribution in [2.45, 2.75) is 26.2 Å². The molecule has 0 saturated carbocycles. The Bertz CT molecular complexity index is 861. The maximum absolute atomic E-state index is 11.9. The topological polar surface area (TPSA) is 106 Å². The number of esters is 1. The molecule has 0 atom stereocenters. The predicted octanol–water partition coefficient (Wildman–Crippen LogP) is 4.50. The smallest absolute Gasteiger partial charge is 0.349 e. The van der Waals surface area contributed by atoms with E-state index < -0.39 is 10.9 Å². The van der Waals surface area contributed by atoms with E-state index >= 15 is 0 Å². The molecule has 134 valence electrons. The van der Waals surface area contributed by atoms with Crippen molar-refractivity contribution in [3.05, 3.63) is 57.8 Å². The Morgan fingerprint density at radius 3 is 2.77 bits per heavy atom. The van der Waals surface area contributed by atoms with Crippen molar-refractivity contribution in [3.8, 4) is 17.4 Å². The van der Waals surface area contributed by atoms with E-state index in [-0.39, 0.29) is 29.4 Å². The molecular weight excluding hydrogens is 336 g/mol. The zero-order valence-corrected chi connectivity index (χ0v) is 14.3. The standard InChI is InChI=1S/C19H18N2O5/c1-2-3-6-11-25-19(22)14(13-20)12-15-9-10-18(26-15)16-7-4-5-8-17(16)21(23)24/h4-5,7-10,12H,2-3,6,11H2,1H3/b14-12-. The minimum Gasteiger partial charge on any atom is -0.462 e. The summed E-state index contributed by atoms with van der Waals surface area (Å²) in [7, 11) is 0. The average Bonchev–Trinajstić information content (AvgIpc) is 3.11. The number of hydrogen-bond donors (Lipinski definition) is 0. The molecule has 0 N–H and O–H groups in total. The highest BCUT2D eigenvalue weighted by molar-refractivity contribution is 5.97. The van der Waals surface area contributed by atoms with E-state index in [0.29, 0.717) is 5.56 Å². The number of ether oxygens (including phenoxy) is 1. The van der Waals surface area contributed by atoms with Gasteiger partial charge in [-0.15, -0.1) is 0 Å². The van der Waals surface area contributed by atoms with E-state index in [4.69, 9.17) is 14.4 Å². The van der Waals surface area contributed by atoms with Gasteiger partial charge in [-0.3, -0.25) is 10.1 Å². The Kier molecular flexibility index (Phi) is 6.68. The third kappa shape index (κ3) is 4.80. The third-order valence-corrected chi connectivity index (χ3v) is 3.60. The van der Waals surface area contributed by atoms with Gasteiger partial charge in [0.05, 0.1) is 17.1 Å². The van der Waals surface area contributed by atoms with Gasteiger partial charge in [-0.25, -0.2) is 4.79 Å². The first-order chi connectivity index (χ1) is 12.6. The zero-order valence-electron chi connectivity index (χ0n) is 14.3. The van der Waals surface area contributed by atoms with Crippen LogP contribution in [0, 0.1) is 21.4 Å². The van der Waals surface area contributed by atoms with Crippen LogP contribution in [-0.4, -0.2) is 17.5 Å². The van der Waals surface area contributed by atoms with E-state index in [1.54, 1.807) is 30.3 Å². The normalized spacial score (nSPS) is 11.0. The van der Waals surface area contributed by atoms with Crippen LogP contribution < -0.4 is 0 Å². The number of carbonyl (C=O) groups is 1. The van der Waals surface area contributed by atoms with Crippen molar-refractivity contribution in [1.29, 1.82) is 5.26 Å². The van der Waals surface area contributed by atoms with Crippen LogP contribution in [0.4, 0.5) is 5.69 Å². The minimum absolute atomic E-state index is 0.0896. The number of unbranched alkanes of at least 4 members (excludes halogenated alkanes) is 2. The highest BCUT2D eigenvalue weighted by Crippen LogP contribution is 2.31. The molecular formula is C19H18N2O5. The molecule has 0 fully saturated rings. The Hall–Kier alpha value is -3.40. The van der Waals surface area contributed by atoms with Gasteiger partial charge in [-0.1, -0.05) is 31.9 Å². The fourth-order valence-electron chi connectivity index (χ4n) is 2.29. The highest BCUT2D eigenvalue weighted by Gasteiger charge is 2.18. The van der Waals surface area contributed by atoms with Crippen molar-refractivity contribution >= 4 is 17.7 Å². The van der Waals surface area contributed by atoms with Crippen molar-refractivity contribution in [2.24, 2.45) is 0 Å². The fraction of sp³-hybridized carbons (Fsp3) is 0.263. The Morgan fingerprint density at radius 1 is 1.31 bits per heavy atom. The van der Waals surface area contributed by atoms with Crippen LogP contribution in [0.5, 0.6) is 0 Å². The summed E-state index contributed by atoms with van der Waals surface area (Å²) in [5, 5.41) is 20.3. The van der Waals surface area contributed by atoms with E-state index in [9.17, 15) is 14.9 Å². The van der Waals surface area contributed by atoms with Crippen molar-refractivity contribution in [3.63, 3.8) is 0 Å². The predicted molar refractivity (Wildman–Crippen MR) is 94.9 cm³/mol. The quantitative estimate of drug-likeness (QED) is 0.173. The van der Waals surface area contributed by atoms with Crippen LogP contribution in [0.25, 0.3) is 17.4 Å². The molecule has 0 spiro atoms. The lowest BCUT2D eigenvalue weighted by molar-refractivity contribution is -0.384. The number of nitro groups is 1. The summed E-state index contributed by atoms with van der Waals surface area (Å²) in [6.07, 6.45) is 3.94. The number of hydrogen-bond acceptors (Lipinski definition) is 6. The monoisotopic (exact) mass is 354 g/mol. The van der Waals surface area contributed by atoms with Crippen LogP contribution in [0.2, 0.25) is 0 Å². The first kappa shape index (κ1) is 18.9. The van der Waals surface area contributed by atoms with Crippen LogP contribution in [-0.2, 0) is 9.53 Å². The molecule has 1 aromatic heterocycles. The van der Waals surface area contributed by atoms with Crippen LogP contribution in [0.1, 0.15) is 31.9 Å². The van der Waals surface area contributed by atoms with Gasteiger partial charge in [0.15, 0.2) is 0 Å². The number of carbonyl (C=O) groups excluding carboxylic acids is 1. The fourth-order valence-corrected chi connectivity index (χ4v) is 2.29. The van der Waals surface area contributed by atoms with E-state index in [1.165, 1.54) is 18.2 Å². The van der Waals surface area contributed by atoms with Gasteiger partial charge in [-0.2, -0.15) is 5.26 Å². The van der Waals surface area contributed by atoms with Gasteiger partial charge in [0.25, 0.3) is 5.69 Å². The van der Waals surface area contributed by atoms with Gasteiger partial charge in [-0.05, 0) is 24.6 Å². The number of benzene rings is 1. The lowest BCUT2D eigenvalue weighted by Crippen LogP contribution is -2.07. The maximum Gasteiger partial charge on any atom is 0.349 e. The number of para-hydroxylation sites is 1. The van der Waals surface area contributed by atoms with Crippen LogP contribution >= 0.6 is 0 Å². The van der Waals surface area contributed by atoms with Crippen molar-refractivity contribution in [2.75, 3.05) is 6.61 Å². The molecule has 0 unspecified atom stereocenters. The van der Waals surface area contributed by atoms with Gasteiger partial charge < -0.3 is 9.15 Å². The molecule has 0 aliphatic heterocycles. The summed E-state index contributed by atoms with van der Waals surface area (Å²) >= 11 is 0. The molecule has 26 heavy (non-hydrogen) atoms. The molecule has 2 rings (SSSR count). The van der Waals surface area contributed by atoms with E-state index in [0.717, 1.165) is 19.3 Å². The van der Waals surface area contributed by atoms with Gasteiger partial charge in [0, 0.05) is 12.1 Å². The summed E-state index contributed by atoms with van der Waals surface area (Å²) in [5.41, 5.74) is 0.0379. The molecule has 2 aromatic rings. The van der Waals surface area contributed by atoms with Crippen molar-refractivity contribution < 1.29 is 18.9 Å². The number of nitro benzene ring substituents is 1. The van der Waals surface area contributed by atoms with Crippen LogP contribution in [0.15, 0.2) is 46.4 Å². The first-order valence-electron chi connectivity index (χ1n) is 8.19. The number of rotatable bonds is 8. The molecule has 7 heteroatoms.